The lowest BCUT2D eigenvalue weighted by molar-refractivity contribution is -0.137. The minimum absolute atomic E-state index is 0.0759. The Morgan fingerprint density at radius 3 is 2.40 bits per heavy atom. The molecule has 0 fully saturated rings. The molecule has 0 saturated carbocycles. The van der Waals surface area contributed by atoms with E-state index in [0.717, 1.165) is 9.87 Å². The number of aliphatic carboxylic acids is 1. The molecule has 0 spiro atoms. The van der Waals surface area contributed by atoms with Crippen LogP contribution in [0.5, 0.6) is 0 Å². The minimum Gasteiger partial charge on any atom is -0.481 e. The Bertz CT molecular complexity index is 529. The van der Waals surface area contributed by atoms with Crippen molar-refractivity contribution in [2.75, 3.05) is 14.1 Å². The van der Waals surface area contributed by atoms with Crippen LogP contribution in [0.4, 0.5) is 0 Å². The SMILES string of the molecule is CN(C)S(=O)(=O)NC(CCC(=O)O)Cc1ccccc1. The van der Waals surface area contributed by atoms with Crippen molar-refractivity contribution in [2.24, 2.45) is 0 Å². The van der Waals surface area contributed by atoms with E-state index in [9.17, 15) is 13.2 Å². The largest absolute Gasteiger partial charge is 0.481 e. The van der Waals surface area contributed by atoms with Crippen LogP contribution in [-0.4, -0.2) is 43.9 Å². The van der Waals surface area contributed by atoms with Gasteiger partial charge < -0.3 is 5.11 Å². The van der Waals surface area contributed by atoms with Gasteiger partial charge in [-0.05, 0) is 18.4 Å². The van der Waals surface area contributed by atoms with Crippen molar-refractivity contribution in [3.05, 3.63) is 35.9 Å². The summed E-state index contributed by atoms with van der Waals surface area (Å²) < 4.78 is 27.3. The van der Waals surface area contributed by atoms with Gasteiger partial charge in [0.1, 0.15) is 0 Å². The van der Waals surface area contributed by atoms with Crippen LogP contribution in [0.3, 0.4) is 0 Å². The highest BCUT2D eigenvalue weighted by Gasteiger charge is 2.20. The lowest BCUT2D eigenvalue weighted by Gasteiger charge is -2.21. The molecule has 2 N–H and O–H groups in total. The molecular weight excluding hydrogens is 280 g/mol. The lowest BCUT2D eigenvalue weighted by Crippen LogP contribution is -2.43. The average molecular weight is 300 g/mol. The second-order valence-electron chi connectivity index (χ2n) is 4.72. The summed E-state index contributed by atoms with van der Waals surface area (Å²) in [6, 6.07) is 8.93. The molecular formula is C13H20N2O4S. The first-order valence-electron chi connectivity index (χ1n) is 6.27. The number of nitrogens with one attached hydrogen (secondary N) is 1. The van der Waals surface area contributed by atoms with Gasteiger partial charge in [-0.1, -0.05) is 30.3 Å². The van der Waals surface area contributed by atoms with E-state index in [1.54, 1.807) is 0 Å². The topological polar surface area (TPSA) is 86.7 Å². The number of rotatable bonds is 8. The quantitative estimate of drug-likeness (QED) is 0.745. The van der Waals surface area contributed by atoms with Crippen molar-refractivity contribution >= 4 is 16.2 Å². The molecule has 1 aromatic carbocycles. The molecule has 0 aliphatic rings. The molecule has 6 nitrogen and oxygen atoms in total. The number of carbonyl (C=O) groups is 1. The van der Waals surface area contributed by atoms with Crippen LogP contribution in [-0.2, 0) is 21.4 Å². The van der Waals surface area contributed by atoms with Crippen LogP contribution < -0.4 is 4.72 Å². The molecule has 1 atom stereocenters. The monoisotopic (exact) mass is 300 g/mol. The van der Waals surface area contributed by atoms with Gasteiger partial charge in [-0.2, -0.15) is 17.4 Å². The summed E-state index contributed by atoms with van der Waals surface area (Å²) in [5.74, 6) is -0.938. The Morgan fingerprint density at radius 2 is 1.90 bits per heavy atom. The molecule has 112 valence electrons. The summed E-state index contributed by atoms with van der Waals surface area (Å²) in [6.07, 6.45) is 0.631. The zero-order valence-corrected chi connectivity index (χ0v) is 12.4. The van der Waals surface area contributed by atoms with Crippen LogP contribution >= 0.6 is 0 Å². The third-order valence-corrected chi connectivity index (χ3v) is 4.42. The minimum atomic E-state index is -3.58. The summed E-state index contributed by atoms with van der Waals surface area (Å²) in [5.41, 5.74) is 0.962. The second-order valence-corrected chi connectivity index (χ2v) is 6.64. The predicted molar refractivity (Wildman–Crippen MR) is 76.5 cm³/mol. The second kappa shape index (κ2) is 7.37. The third kappa shape index (κ3) is 5.68. The van der Waals surface area contributed by atoms with E-state index in [0.29, 0.717) is 6.42 Å². The fourth-order valence-electron chi connectivity index (χ4n) is 1.71. The van der Waals surface area contributed by atoms with Gasteiger partial charge in [-0.3, -0.25) is 4.79 Å². The summed E-state index contributed by atoms with van der Waals surface area (Å²) in [6.45, 7) is 0. The maximum atomic E-state index is 11.8. The van der Waals surface area contributed by atoms with Crippen molar-refractivity contribution < 1.29 is 18.3 Å². The van der Waals surface area contributed by atoms with E-state index in [1.165, 1.54) is 14.1 Å². The Kier molecular flexibility index (Phi) is 6.12. The van der Waals surface area contributed by atoms with E-state index in [4.69, 9.17) is 5.11 Å². The zero-order chi connectivity index (χ0) is 15.2. The van der Waals surface area contributed by atoms with Crippen molar-refractivity contribution in [3.63, 3.8) is 0 Å². The maximum absolute atomic E-state index is 11.8. The highest BCUT2D eigenvalue weighted by atomic mass is 32.2. The number of nitrogens with zero attached hydrogens (tertiary/aromatic N) is 1. The van der Waals surface area contributed by atoms with Gasteiger partial charge >= 0.3 is 5.97 Å². The smallest absolute Gasteiger partial charge is 0.303 e. The van der Waals surface area contributed by atoms with E-state index in [-0.39, 0.29) is 12.8 Å². The Labute approximate surface area is 119 Å². The van der Waals surface area contributed by atoms with Gasteiger partial charge in [0.05, 0.1) is 0 Å². The van der Waals surface area contributed by atoms with Crippen molar-refractivity contribution in [1.82, 2.24) is 9.03 Å². The first-order valence-corrected chi connectivity index (χ1v) is 7.71. The highest BCUT2D eigenvalue weighted by molar-refractivity contribution is 7.87. The average Bonchev–Trinajstić information content (AvgIpc) is 2.36. The summed E-state index contributed by atoms with van der Waals surface area (Å²) >= 11 is 0. The van der Waals surface area contributed by atoms with Gasteiger partial charge in [-0.15, -0.1) is 0 Å². The van der Waals surface area contributed by atoms with Crippen molar-refractivity contribution in [1.29, 1.82) is 0 Å². The molecule has 1 rings (SSSR count). The van der Waals surface area contributed by atoms with Crippen LogP contribution in [0, 0.1) is 0 Å². The Hall–Kier alpha value is -1.44. The molecule has 20 heavy (non-hydrogen) atoms. The molecule has 1 aromatic rings. The van der Waals surface area contributed by atoms with Gasteiger partial charge in [0.15, 0.2) is 0 Å². The molecule has 0 aliphatic heterocycles. The summed E-state index contributed by atoms with van der Waals surface area (Å²) in [5, 5.41) is 8.75. The number of benzene rings is 1. The van der Waals surface area contributed by atoms with Crippen molar-refractivity contribution in [2.45, 2.75) is 25.3 Å². The number of hydrogen-bond donors (Lipinski definition) is 2. The molecule has 7 heteroatoms. The van der Waals surface area contributed by atoms with Crippen molar-refractivity contribution in [3.8, 4) is 0 Å². The lowest BCUT2D eigenvalue weighted by atomic mass is 10.0. The molecule has 0 aliphatic carbocycles. The van der Waals surface area contributed by atoms with Gasteiger partial charge in [0.25, 0.3) is 10.2 Å². The zero-order valence-electron chi connectivity index (χ0n) is 11.6. The first kappa shape index (κ1) is 16.6. The fraction of sp³-hybridized carbons (Fsp3) is 0.462. The van der Waals surface area contributed by atoms with Gasteiger partial charge in [0, 0.05) is 26.6 Å². The molecule has 1 unspecified atom stereocenters. The summed E-state index contributed by atoms with van der Waals surface area (Å²) in [4.78, 5) is 10.7. The number of carboxylic acid groups (broad SMARTS) is 1. The van der Waals surface area contributed by atoms with E-state index < -0.39 is 22.2 Å². The molecule has 0 saturated heterocycles. The first-order chi connectivity index (χ1) is 9.31. The standard InChI is InChI=1S/C13H20N2O4S/c1-15(2)20(18,19)14-12(8-9-13(16)17)10-11-6-4-3-5-7-11/h3-7,12,14H,8-10H2,1-2H3,(H,16,17). The van der Waals surface area contributed by atoms with Crippen LogP contribution in [0.25, 0.3) is 0 Å². The number of carboxylic acids is 1. The normalized spacial score (nSPS) is 13.3. The molecule has 0 aromatic heterocycles. The van der Waals surface area contributed by atoms with Crippen LogP contribution in [0.15, 0.2) is 30.3 Å². The maximum Gasteiger partial charge on any atom is 0.303 e. The number of hydrogen-bond acceptors (Lipinski definition) is 3. The van der Waals surface area contributed by atoms with E-state index in [1.807, 2.05) is 30.3 Å². The summed E-state index contributed by atoms with van der Waals surface area (Å²) in [7, 11) is -0.716. The van der Waals surface area contributed by atoms with Crippen LogP contribution in [0.1, 0.15) is 18.4 Å². The molecule has 0 amide bonds. The van der Waals surface area contributed by atoms with E-state index in [2.05, 4.69) is 4.72 Å². The van der Waals surface area contributed by atoms with Gasteiger partial charge in [-0.25, -0.2) is 0 Å². The fourth-order valence-corrected chi connectivity index (χ4v) is 2.55. The predicted octanol–water partition coefficient (Wildman–Crippen LogP) is 0.859. The van der Waals surface area contributed by atoms with Crippen LogP contribution in [0.2, 0.25) is 0 Å². The Balaban J connectivity index is 2.77. The Morgan fingerprint density at radius 1 is 1.30 bits per heavy atom. The highest BCUT2D eigenvalue weighted by Crippen LogP contribution is 2.09. The third-order valence-electron chi connectivity index (χ3n) is 2.83. The molecule has 0 radical (unpaired) electrons. The molecule has 0 bridgehead atoms. The van der Waals surface area contributed by atoms with E-state index >= 15 is 0 Å². The van der Waals surface area contributed by atoms with Gasteiger partial charge in [0.2, 0.25) is 0 Å². The molecule has 0 heterocycles.